The molecular weight excluding hydrogens is 589 g/mol. The Hall–Kier alpha value is -5.16. The fourth-order valence-corrected chi connectivity index (χ4v) is 6.76. The molecule has 0 aliphatic heterocycles. The smallest absolute Gasteiger partial charge is 0.137 e. The average molecular weight is 633 g/mol. The summed E-state index contributed by atoms with van der Waals surface area (Å²) in [7, 11) is 0. The van der Waals surface area contributed by atoms with Gasteiger partial charge in [0.1, 0.15) is 17.3 Å². The molecule has 4 aromatic carbocycles. The molecule has 0 aliphatic rings. The molecule has 0 saturated heterocycles. The van der Waals surface area contributed by atoms with Crippen molar-refractivity contribution in [2.45, 2.75) is 72.6 Å². The number of nitrogens with zero attached hydrogens (tertiary/aromatic N) is 4. The molecule has 0 saturated carbocycles. The number of rotatable bonds is 11. The van der Waals surface area contributed by atoms with Crippen molar-refractivity contribution in [1.29, 1.82) is 0 Å². The van der Waals surface area contributed by atoms with Gasteiger partial charge in [-0.1, -0.05) is 89.6 Å². The topological polar surface area (TPSA) is 44.9 Å². The summed E-state index contributed by atoms with van der Waals surface area (Å²) < 4.78 is 11.0. The molecule has 0 amide bonds. The van der Waals surface area contributed by atoms with Gasteiger partial charge in [0, 0.05) is 34.7 Å². The number of hydrogen-bond donors (Lipinski definition) is 0. The number of fused-ring (bicyclic) bond motifs is 3. The van der Waals surface area contributed by atoms with Gasteiger partial charge >= 0.3 is 0 Å². The van der Waals surface area contributed by atoms with Gasteiger partial charge < -0.3 is 4.74 Å². The lowest BCUT2D eigenvalue weighted by atomic mass is 9.94. The number of pyridine rings is 1. The zero-order valence-electron chi connectivity index (χ0n) is 28.7. The highest BCUT2D eigenvalue weighted by Gasteiger charge is 2.22. The SMILES string of the molecule is CCCCc1c(-c2ccc(CC)cc2)c(C(C)C)nn1-c1cccc(Oc2ccc3c4ccccc4n(-c4cc(CC)ccn4)c3c2)c1. The molecule has 0 fully saturated rings. The first-order chi connectivity index (χ1) is 23.5. The van der Waals surface area contributed by atoms with Crippen LogP contribution in [0, 0.1) is 0 Å². The maximum Gasteiger partial charge on any atom is 0.137 e. The third-order valence-corrected chi connectivity index (χ3v) is 9.36. The van der Waals surface area contributed by atoms with Gasteiger partial charge in [-0.25, -0.2) is 9.67 Å². The lowest BCUT2D eigenvalue weighted by Crippen LogP contribution is -2.03. The Morgan fingerprint density at radius 3 is 2.25 bits per heavy atom. The lowest BCUT2D eigenvalue weighted by molar-refractivity contribution is 0.482. The molecule has 3 heterocycles. The van der Waals surface area contributed by atoms with Crippen molar-refractivity contribution < 1.29 is 4.74 Å². The van der Waals surface area contributed by atoms with Gasteiger partial charge in [-0.2, -0.15) is 5.10 Å². The Morgan fingerprint density at radius 2 is 1.48 bits per heavy atom. The minimum absolute atomic E-state index is 0.290. The van der Waals surface area contributed by atoms with Crippen LogP contribution in [0.4, 0.5) is 0 Å². The van der Waals surface area contributed by atoms with E-state index in [1.165, 1.54) is 38.7 Å². The average Bonchev–Trinajstić information content (AvgIpc) is 3.67. The van der Waals surface area contributed by atoms with Crippen LogP contribution in [0.2, 0.25) is 0 Å². The van der Waals surface area contributed by atoms with E-state index in [-0.39, 0.29) is 5.92 Å². The zero-order chi connectivity index (χ0) is 33.2. The molecule has 0 unspecified atom stereocenters. The Morgan fingerprint density at radius 1 is 0.708 bits per heavy atom. The van der Waals surface area contributed by atoms with Crippen molar-refractivity contribution in [1.82, 2.24) is 19.3 Å². The van der Waals surface area contributed by atoms with Crippen LogP contribution in [0.15, 0.2) is 109 Å². The summed E-state index contributed by atoms with van der Waals surface area (Å²) in [5, 5.41) is 7.65. The minimum atomic E-state index is 0.290. The highest BCUT2D eigenvalue weighted by molar-refractivity contribution is 6.09. The standard InChI is InChI=1S/C43H44N4O/c1-6-9-16-39-42(32-20-18-30(7-2)19-21-32)43(29(4)5)45-47(39)33-13-12-14-34(27-33)48-35-22-23-37-36-15-10-11-17-38(36)46(40(37)28-35)41-26-31(8-3)24-25-44-41/h10-15,17-29H,6-9,16H2,1-5H3. The van der Waals surface area contributed by atoms with Crippen molar-refractivity contribution in [2.75, 3.05) is 0 Å². The third kappa shape index (κ3) is 5.90. The van der Waals surface area contributed by atoms with Gasteiger partial charge in [-0.15, -0.1) is 0 Å². The summed E-state index contributed by atoms with van der Waals surface area (Å²) in [5.41, 5.74) is 10.7. The zero-order valence-corrected chi connectivity index (χ0v) is 28.7. The molecule has 7 rings (SSSR count). The van der Waals surface area contributed by atoms with E-state index in [1.54, 1.807) is 0 Å². The summed E-state index contributed by atoms with van der Waals surface area (Å²) in [6.07, 6.45) is 7.07. The molecule has 0 N–H and O–H groups in total. The first-order valence-electron chi connectivity index (χ1n) is 17.5. The van der Waals surface area contributed by atoms with Crippen molar-refractivity contribution >= 4 is 21.8 Å². The van der Waals surface area contributed by atoms with Crippen LogP contribution in [-0.2, 0) is 19.3 Å². The largest absolute Gasteiger partial charge is 0.457 e. The highest BCUT2D eigenvalue weighted by atomic mass is 16.5. The van der Waals surface area contributed by atoms with Gasteiger partial charge in [0.2, 0.25) is 0 Å². The lowest BCUT2D eigenvalue weighted by Gasteiger charge is -2.13. The summed E-state index contributed by atoms with van der Waals surface area (Å²) in [6, 6.07) is 36.5. The molecule has 5 nitrogen and oxygen atoms in total. The van der Waals surface area contributed by atoms with E-state index in [0.717, 1.165) is 71.8 Å². The Balaban J connectivity index is 1.30. The van der Waals surface area contributed by atoms with Crippen molar-refractivity contribution in [2.24, 2.45) is 0 Å². The van der Waals surface area contributed by atoms with Gasteiger partial charge in [-0.05, 0) is 90.8 Å². The van der Waals surface area contributed by atoms with Crippen LogP contribution in [0.25, 0.3) is 44.4 Å². The number of aromatic nitrogens is 4. The van der Waals surface area contributed by atoms with Crippen molar-refractivity contribution in [3.8, 4) is 34.1 Å². The second-order valence-electron chi connectivity index (χ2n) is 12.9. The third-order valence-electron chi connectivity index (χ3n) is 9.36. The fourth-order valence-electron chi connectivity index (χ4n) is 6.76. The quantitative estimate of drug-likeness (QED) is 0.143. The number of benzene rings is 4. The first-order valence-corrected chi connectivity index (χ1v) is 17.5. The number of aryl methyl sites for hydroxylation is 2. The molecule has 48 heavy (non-hydrogen) atoms. The molecule has 0 spiro atoms. The van der Waals surface area contributed by atoms with Crippen LogP contribution in [0.1, 0.15) is 75.9 Å². The Bertz CT molecular complexity index is 2200. The maximum absolute atomic E-state index is 6.62. The first kappa shape index (κ1) is 31.4. The van der Waals surface area contributed by atoms with Crippen LogP contribution in [0.5, 0.6) is 11.5 Å². The molecule has 0 atom stereocenters. The molecule has 3 aromatic heterocycles. The van der Waals surface area contributed by atoms with Gasteiger partial charge in [0.25, 0.3) is 0 Å². The minimum Gasteiger partial charge on any atom is -0.457 e. The monoisotopic (exact) mass is 632 g/mol. The second-order valence-corrected chi connectivity index (χ2v) is 12.9. The summed E-state index contributed by atoms with van der Waals surface area (Å²) in [4.78, 5) is 4.78. The molecular formula is C43H44N4O. The van der Waals surface area contributed by atoms with Crippen LogP contribution in [-0.4, -0.2) is 19.3 Å². The van der Waals surface area contributed by atoms with Gasteiger partial charge in [0.05, 0.1) is 28.1 Å². The van der Waals surface area contributed by atoms with E-state index in [4.69, 9.17) is 14.8 Å². The van der Waals surface area contributed by atoms with Crippen molar-refractivity contribution in [3.05, 3.63) is 132 Å². The Labute approximate surface area is 283 Å². The number of hydrogen-bond acceptors (Lipinski definition) is 3. The van der Waals surface area contributed by atoms with E-state index in [9.17, 15) is 0 Å². The van der Waals surface area contributed by atoms with E-state index < -0.39 is 0 Å². The normalized spacial score (nSPS) is 11.6. The highest BCUT2D eigenvalue weighted by Crippen LogP contribution is 2.37. The van der Waals surface area contributed by atoms with Gasteiger partial charge in [-0.3, -0.25) is 4.57 Å². The maximum atomic E-state index is 6.62. The fraction of sp³-hybridized carbons (Fsp3) is 0.256. The number of unbranched alkanes of at least 4 members (excludes halogenated alkanes) is 1. The molecule has 5 heteroatoms. The van der Waals surface area contributed by atoms with Gasteiger partial charge in [0.15, 0.2) is 0 Å². The molecule has 0 radical (unpaired) electrons. The van der Waals surface area contributed by atoms with Crippen LogP contribution in [0.3, 0.4) is 0 Å². The van der Waals surface area contributed by atoms with E-state index in [2.05, 4.69) is 141 Å². The predicted molar refractivity (Wildman–Crippen MR) is 199 cm³/mol. The summed E-state index contributed by atoms with van der Waals surface area (Å²) in [6.45, 7) is 11.1. The molecule has 0 bridgehead atoms. The molecule has 7 aromatic rings. The van der Waals surface area contributed by atoms with Crippen LogP contribution < -0.4 is 4.74 Å². The molecule has 0 aliphatic carbocycles. The number of para-hydroxylation sites is 1. The number of ether oxygens (including phenoxy) is 1. The van der Waals surface area contributed by atoms with E-state index in [1.807, 2.05) is 12.3 Å². The predicted octanol–water partition coefficient (Wildman–Crippen LogP) is 11.4. The molecule has 242 valence electrons. The summed E-state index contributed by atoms with van der Waals surface area (Å²) in [5.74, 6) is 2.76. The van der Waals surface area contributed by atoms with Crippen LogP contribution >= 0.6 is 0 Å². The summed E-state index contributed by atoms with van der Waals surface area (Å²) >= 11 is 0. The van der Waals surface area contributed by atoms with E-state index in [0.29, 0.717) is 0 Å². The van der Waals surface area contributed by atoms with E-state index >= 15 is 0 Å². The second kappa shape index (κ2) is 13.5. The Kier molecular flexibility index (Phi) is 8.86. The van der Waals surface area contributed by atoms with Crippen molar-refractivity contribution in [3.63, 3.8) is 0 Å².